The van der Waals surface area contributed by atoms with Crippen LogP contribution in [0, 0.1) is 0 Å². The molecule has 0 radical (unpaired) electrons. The van der Waals surface area contributed by atoms with Crippen LogP contribution in [0.15, 0.2) is 11.5 Å². The Hall–Kier alpha value is 0.756. The number of aliphatic carboxylic acids is 1. The summed E-state index contributed by atoms with van der Waals surface area (Å²) < 4.78 is 24.6. The fourth-order valence-electron chi connectivity index (χ4n) is 2.33. The van der Waals surface area contributed by atoms with Gasteiger partial charge in [0.1, 0.15) is 0 Å². The van der Waals surface area contributed by atoms with Gasteiger partial charge in [-0.25, -0.2) is 13.1 Å². The molecule has 0 aliphatic heterocycles. The second kappa shape index (κ2) is 18.5. The molecule has 0 amide bonds. The summed E-state index contributed by atoms with van der Waals surface area (Å²) in [7, 11) is -3.64. The van der Waals surface area contributed by atoms with Crippen LogP contribution in [0.2, 0.25) is 0 Å². The second-order valence-electron chi connectivity index (χ2n) is 5.93. The number of carbonyl (C=O) groups excluding carboxylic acids is 1. The van der Waals surface area contributed by atoms with Gasteiger partial charge in [-0.2, -0.15) is 0 Å². The van der Waals surface area contributed by atoms with E-state index in [9.17, 15) is 18.3 Å². The average Bonchev–Trinajstić information content (AvgIpc) is 2.50. The van der Waals surface area contributed by atoms with Gasteiger partial charge in [0.05, 0.1) is 12.5 Å². The monoisotopic (exact) mass is 385 g/mol. The van der Waals surface area contributed by atoms with E-state index in [-0.39, 0.29) is 51.4 Å². The molecule has 0 heterocycles. The van der Waals surface area contributed by atoms with Crippen LogP contribution in [-0.4, -0.2) is 20.9 Å². The zero-order valence-electron chi connectivity index (χ0n) is 15.4. The predicted molar refractivity (Wildman–Crippen MR) is 92.1 cm³/mol. The van der Waals surface area contributed by atoms with Crippen molar-refractivity contribution in [3.8, 4) is 0 Å². The van der Waals surface area contributed by atoms with Gasteiger partial charge in [-0.3, -0.25) is 0 Å². The Balaban J connectivity index is 0. The van der Waals surface area contributed by atoms with Crippen LogP contribution in [0.3, 0.4) is 0 Å². The van der Waals surface area contributed by atoms with Gasteiger partial charge in [0, 0.05) is 5.41 Å². The zero-order chi connectivity index (χ0) is 17.4. The minimum Gasteiger partial charge on any atom is -0.549 e. The summed E-state index contributed by atoms with van der Waals surface area (Å²) >= 11 is 0. The first kappa shape index (κ1) is 27.0. The molecule has 0 saturated heterocycles. The van der Waals surface area contributed by atoms with Crippen molar-refractivity contribution in [3.05, 3.63) is 11.5 Å². The number of rotatable bonds is 16. The molecule has 0 aromatic heterocycles. The molecule has 0 bridgehead atoms. The van der Waals surface area contributed by atoms with Crippen LogP contribution in [0.5, 0.6) is 0 Å². The van der Waals surface area contributed by atoms with Crippen LogP contribution in [0.25, 0.3) is 0 Å². The minimum atomic E-state index is -3.64. The maximum absolute atomic E-state index is 11.3. The Kier molecular flexibility index (Phi) is 20.8. The molecular formula is C17H32KNO4S. The SMILES string of the molecule is CCCCCCCCCCCCC/C=C/S(=O)(=O)NCC(=O)[O-].[K+]. The quantitative estimate of drug-likeness (QED) is 0.296. The summed E-state index contributed by atoms with van der Waals surface area (Å²) in [6.07, 6.45) is 16.1. The van der Waals surface area contributed by atoms with E-state index in [0.29, 0.717) is 6.42 Å². The van der Waals surface area contributed by atoms with Gasteiger partial charge in [0.15, 0.2) is 0 Å². The molecule has 0 spiro atoms. The molecule has 1 N–H and O–H groups in total. The molecule has 5 nitrogen and oxygen atoms in total. The molecule has 0 saturated carbocycles. The van der Waals surface area contributed by atoms with Crippen molar-refractivity contribution in [2.75, 3.05) is 6.54 Å². The van der Waals surface area contributed by atoms with Crippen molar-refractivity contribution >= 4 is 16.0 Å². The molecule has 0 aromatic rings. The first-order valence-corrected chi connectivity index (χ1v) is 10.4. The van der Waals surface area contributed by atoms with Crippen molar-refractivity contribution in [1.29, 1.82) is 0 Å². The summed E-state index contributed by atoms with van der Waals surface area (Å²) in [5.74, 6) is -1.44. The molecule has 0 unspecified atom stereocenters. The molecule has 136 valence electrons. The van der Waals surface area contributed by atoms with Gasteiger partial charge >= 0.3 is 51.4 Å². The number of hydrogen-bond acceptors (Lipinski definition) is 4. The minimum absolute atomic E-state index is 0. The largest absolute Gasteiger partial charge is 1.00 e. The molecule has 0 aromatic carbocycles. The Morgan fingerprint density at radius 3 is 1.83 bits per heavy atom. The number of allylic oxidation sites excluding steroid dienone is 1. The second-order valence-corrected chi connectivity index (χ2v) is 7.58. The normalized spacial score (nSPS) is 11.5. The van der Waals surface area contributed by atoms with E-state index < -0.39 is 22.5 Å². The van der Waals surface area contributed by atoms with Gasteiger partial charge < -0.3 is 9.90 Å². The number of carbonyl (C=O) groups is 1. The molecule has 0 rings (SSSR count). The summed E-state index contributed by atoms with van der Waals surface area (Å²) in [4.78, 5) is 10.2. The van der Waals surface area contributed by atoms with Gasteiger partial charge in [0.2, 0.25) is 10.0 Å². The van der Waals surface area contributed by atoms with E-state index in [0.717, 1.165) is 18.2 Å². The standard InChI is InChI=1S/C17H33NO4S.K/c1-2-3-4-5-6-7-8-9-10-11-12-13-14-15-23(21,22)18-16-17(19)20;/h14-15,18H,2-13,16H2,1H3,(H,19,20);/q;+1/p-1/b15-14+;. The third-order valence-corrected chi connectivity index (χ3v) is 4.76. The molecular weight excluding hydrogens is 353 g/mol. The van der Waals surface area contributed by atoms with E-state index in [1.54, 1.807) is 6.08 Å². The average molecular weight is 386 g/mol. The van der Waals surface area contributed by atoms with Crippen LogP contribution < -0.4 is 61.2 Å². The van der Waals surface area contributed by atoms with Gasteiger partial charge in [0.25, 0.3) is 0 Å². The smallest absolute Gasteiger partial charge is 0.549 e. The van der Waals surface area contributed by atoms with E-state index in [1.165, 1.54) is 57.8 Å². The molecule has 0 fully saturated rings. The Morgan fingerprint density at radius 1 is 0.917 bits per heavy atom. The van der Waals surface area contributed by atoms with E-state index in [4.69, 9.17) is 0 Å². The van der Waals surface area contributed by atoms with E-state index in [1.807, 2.05) is 4.72 Å². The van der Waals surface area contributed by atoms with E-state index in [2.05, 4.69) is 6.92 Å². The summed E-state index contributed by atoms with van der Waals surface area (Å²) in [5, 5.41) is 11.2. The Morgan fingerprint density at radius 2 is 1.38 bits per heavy atom. The fraction of sp³-hybridized carbons (Fsp3) is 0.824. The molecule has 0 aliphatic carbocycles. The maximum Gasteiger partial charge on any atom is 1.00 e. The number of nitrogens with one attached hydrogen (secondary N) is 1. The summed E-state index contributed by atoms with van der Waals surface area (Å²) in [6, 6.07) is 0. The maximum atomic E-state index is 11.3. The molecule has 7 heteroatoms. The van der Waals surface area contributed by atoms with Crippen molar-refractivity contribution in [2.24, 2.45) is 0 Å². The third kappa shape index (κ3) is 20.8. The Labute approximate surface area is 190 Å². The van der Waals surface area contributed by atoms with Crippen LogP contribution >= 0.6 is 0 Å². The summed E-state index contributed by atoms with van der Waals surface area (Å²) in [6.45, 7) is 1.54. The van der Waals surface area contributed by atoms with Crippen molar-refractivity contribution in [3.63, 3.8) is 0 Å². The number of unbranched alkanes of at least 4 members (excludes halogenated alkanes) is 11. The van der Waals surface area contributed by atoms with Crippen LogP contribution in [0.1, 0.15) is 84.0 Å². The van der Waals surface area contributed by atoms with E-state index >= 15 is 0 Å². The molecule has 24 heavy (non-hydrogen) atoms. The fourth-order valence-corrected chi connectivity index (χ4v) is 3.13. The number of carboxylic acids is 1. The molecule has 0 atom stereocenters. The van der Waals surface area contributed by atoms with Crippen molar-refractivity contribution in [1.82, 2.24) is 4.72 Å². The van der Waals surface area contributed by atoms with Crippen molar-refractivity contribution in [2.45, 2.75) is 84.0 Å². The Bertz CT molecular complexity index is 424. The predicted octanol–water partition coefficient (Wildman–Crippen LogP) is -0.125. The third-order valence-electron chi connectivity index (χ3n) is 3.67. The first-order chi connectivity index (χ1) is 11.0. The van der Waals surface area contributed by atoms with Gasteiger partial charge in [-0.15, -0.1) is 0 Å². The zero-order valence-corrected chi connectivity index (χ0v) is 19.3. The van der Waals surface area contributed by atoms with Crippen LogP contribution in [-0.2, 0) is 14.8 Å². The number of carboxylic acid groups (broad SMARTS) is 1. The molecule has 0 aliphatic rings. The van der Waals surface area contributed by atoms with Crippen LogP contribution in [0.4, 0.5) is 0 Å². The number of sulfonamides is 1. The van der Waals surface area contributed by atoms with Crippen molar-refractivity contribution < 1.29 is 69.7 Å². The summed E-state index contributed by atoms with van der Waals surface area (Å²) in [5.41, 5.74) is 0. The van der Waals surface area contributed by atoms with Gasteiger partial charge in [-0.05, 0) is 12.8 Å². The van der Waals surface area contributed by atoms with Gasteiger partial charge in [-0.1, -0.05) is 77.2 Å². The topological polar surface area (TPSA) is 86.3 Å². The number of hydrogen-bond donors (Lipinski definition) is 1. The first-order valence-electron chi connectivity index (χ1n) is 8.84.